The van der Waals surface area contributed by atoms with Crippen molar-refractivity contribution in [2.24, 2.45) is 0 Å². The average molecular weight is 573 g/mol. The highest BCUT2D eigenvalue weighted by molar-refractivity contribution is 6.16. The van der Waals surface area contributed by atoms with Gasteiger partial charge in [-0.05, 0) is 100 Å². The molecule has 0 aliphatic heterocycles. The van der Waals surface area contributed by atoms with Gasteiger partial charge in [-0.3, -0.25) is 0 Å². The van der Waals surface area contributed by atoms with Crippen molar-refractivity contribution in [1.29, 1.82) is 0 Å². The van der Waals surface area contributed by atoms with Crippen LogP contribution in [0.15, 0.2) is 158 Å². The monoisotopic (exact) mass is 572 g/mol. The Balaban J connectivity index is 1.24. The highest BCUT2D eigenvalue weighted by atomic mass is 14.4. The second-order valence-electron chi connectivity index (χ2n) is 12.9. The lowest BCUT2D eigenvalue weighted by atomic mass is 9.81. The summed E-state index contributed by atoms with van der Waals surface area (Å²) in [5.41, 5.74) is 13.1. The number of fused-ring (bicyclic) bond motifs is 7. The van der Waals surface area contributed by atoms with Gasteiger partial charge in [-0.1, -0.05) is 159 Å². The quantitative estimate of drug-likeness (QED) is 0.185. The zero-order valence-electron chi connectivity index (χ0n) is 25.5. The number of hydrogen-bond acceptors (Lipinski definition) is 0. The number of hydrogen-bond donors (Lipinski definition) is 0. The third-order valence-electron chi connectivity index (χ3n) is 10.1. The maximum atomic E-state index is 2.44. The van der Waals surface area contributed by atoms with Gasteiger partial charge in [-0.15, -0.1) is 0 Å². The summed E-state index contributed by atoms with van der Waals surface area (Å²) in [6.45, 7) is 4.71. The summed E-state index contributed by atoms with van der Waals surface area (Å²) >= 11 is 0. The lowest BCUT2D eigenvalue weighted by Gasteiger charge is -2.22. The van der Waals surface area contributed by atoms with E-state index in [1.807, 2.05) is 0 Å². The van der Waals surface area contributed by atoms with E-state index in [1.54, 1.807) is 0 Å². The van der Waals surface area contributed by atoms with Crippen LogP contribution in [0, 0.1) is 0 Å². The van der Waals surface area contributed by atoms with Gasteiger partial charge >= 0.3 is 0 Å². The molecule has 0 radical (unpaired) electrons. The van der Waals surface area contributed by atoms with Gasteiger partial charge in [0.15, 0.2) is 0 Å². The van der Waals surface area contributed by atoms with Crippen LogP contribution in [0.1, 0.15) is 25.0 Å². The maximum Gasteiger partial charge on any atom is 0.0159 e. The van der Waals surface area contributed by atoms with Crippen molar-refractivity contribution in [3.63, 3.8) is 0 Å². The molecule has 8 aromatic carbocycles. The fourth-order valence-electron chi connectivity index (χ4n) is 7.89. The molecule has 0 amide bonds. The smallest absolute Gasteiger partial charge is 0.0159 e. The summed E-state index contributed by atoms with van der Waals surface area (Å²) in [4.78, 5) is 0. The molecule has 1 aliphatic carbocycles. The van der Waals surface area contributed by atoms with E-state index in [9.17, 15) is 0 Å². The molecule has 0 heterocycles. The van der Waals surface area contributed by atoms with E-state index in [1.165, 1.54) is 88.0 Å². The van der Waals surface area contributed by atoms with Crippen LogP contribution in [0.4, 0.5) is 0 Å². The Kier molecular flexibility index (Phi) is 5.64. The summed E-state index contributed by atoms with van der Waals surface area (Å²) in [5.74, 6) is 0. The number of benzene rings is 8. The zero-order valence-corrected chi connectivity index (χ0v) is 25.5. The van der Waals surface area contributed by atoms with Crippen LogP contribution >= 0.6 is 0 Å². The SMILES string of the molecule is CC1(C)c2ccccc2-c2ccc(-c3ccc(-c4ccccc4-c4cc5ccccc5c5ccccc45)c4ccccc34)cc21. The molecular weight excluding hydrogens is 540 g/mol. The second kappa shape index (κ2) is 9.78. The predicted octanol–water partition coefficient (Wildman–Crippen LogP) is 12.5. The molecule has 0 N–H and O–H groups in total. The van der Waals surface area contributed by atoms with Crippen molar-refractivity contribution < 1.29 is 0 Å². The first-order chi connectivity index (χ1) is 22.1. The van der Waals surface area contributed by atoms with Gasteiger partial charge in [-0.2, -0.15) is 0 Å². The number of rotatable bonds is 3. The van der Waals surface area contributed by atoms with Crippen LogP contribution in [0.25, 0.3) is 76.8 Å². The first kappa shape index (κ1) is 26.0. The van der Waals surface area contributed by atoms with Gasteiger partial charge < -0.3 is 0 Å². The summed E-state index contributed by atoms with van der Waals surface area (Å²) in [5, 5.41) is 7.69. The molecule has 0 saturated carbocycles. The van der Waals surface area contributed by atoms with Gasteiger partial charge in [0.25, 0.3) is 0 Å². The van der Waals surface area contributed by atoms with Gasteiger partial charge in [0.2, 0.25) is 0 Å². The fourth-order valence-corrected chi connectivity index (χ4v) is 7.89. The van der Waals surface area contributed by atoms with Crippen molar-refractivity contribution in [2.45, 2.75) is 19.3 Å². The molecule has 0 heteroatoms. The first-order valence-electron chi connectivity index (χ1n) is 15.9. The van der Waals surface area contributed by atoms with Crippen molar-refractivity contribution >= 4 is 32.3 Å². The fraction of sp³-hybridized carbons (Fsp3) is 0.0667. The van der Waals surface area contributed by atoms with Gasteiger partial charge in [0.05, 0.1) is 0 Å². The molecule has 0 unspecified atom stereocenters. The minimum atomic E-state index is -0.0285. The van der Waals surface area contributed by atoms with E-state index in [2.05, 4.69) is 172 Å². The van der Waals surface area contributed by atoms with Crippen LogP contribution in [-0.2, 0) is 5.41 Å². The molecule has 0 spiro atoms. The molecule has 0 fully saturated rings. The van der Waals surface area contributed by atoms with Crippen LogP contribution in [0.2, 0.25) is 0 Å². The predicted molar refractivity (Wildman–Crippen MR) is 193 cm³/mol. The van der Waals surface area contributed by atoms with Gasteiger partial charge in [-0.25, -0.2) is 0 Å². The zero-order chi connectivity index (χ0) is 30.1. The van der Waals surface area contributed by atoms with Crippen LogP contribution in [0.3, 0.4) is 0 Å². The molecule has 0 bridgehead atoms. The Morgan fingerprint density at radius 3 is 1.56 bits per heavy atom. The van der Waals surface area contributed by atoms with E-state index in [0.717, 1.165) is 0 Å². The third-order valence-corrected chi connectivity index (χ3v) is 10.1. The Hall–Kier alpha value is -5.46. The largest absolute Gasteiger partial charge is 0.0619 e. The molecule has 212 valence electrons. The first-order valence-corrected chi connectivity index (χ1v) is 15.9. The summed E-state index contributed by atoms with van der Waals surface area (Å²) < 4.78 is 0. The lowest BCUT2D eigenvalue weighted by Crippen LogP contribution is -2.14. The van der Waals surface area contributed by atoms with Crippen LogP contribution in [0.5, 0.6) is 0 Å². The van der Waals surface area contributed by atoms with E-state index >= 15 is 0 Å². The van der Waals surface area contributed by atoms with Gasteiger partial charge in [0, 0.05) is 5.41 Å². The summed E-state index contributed by atoms with van der Waals surface area (Å²) in [6.07, 6.45) is 0. The Morgan fingerprint density at radius 2 is 0.800 bits per heavy atom. The molecule has 0 atom stereocenters. The lowest BCUT2D eigenvalue weighted by molar-refractivity contribution is 0.660. The molecule has 0 nitrogen and oxygen atoms in total. The highest BCUT2D eigenvalue weighted by Gasteiger charge is 2.35. The van der Waals surface area contributed by atoms with E-state index < -0.39 is 0 Å². The molecule has 9 rings (SSSR count). The third kappa shape index (κ3) is 3.85. The van der Waals surface area contributed by atoms with Crippen molar-refractivity contribution in [1.82, 2.24) is 0 Å². The maximum absolute atomic E-state index is 2.44. The van der Waals surface area contributed by atoms with Crippen molar-refractivity contribution in [3.8, 4) is 44.5 Å². The molecule has 0 saturated heterocycles. The van der Waals surface area contributed by atoms with Gasteiger partial charge in [0.1, 0.15) is 0 Å². The topological polar surface area (TPSA) is 0 Å². The van der Waals surface area contributed by atoms with E-state index in [4.69, 9.17) is 0 Å². The minimum Gasteiger partial charge on any atom is -0.0619 e. The van der Waals surface area contributed by atoms with Crippen LogP contribution in [-0.4, -0.2) is 0 Å². The molecular formula is C45H32. The molecule has 0 aromatic heterocycles. The Labute approximate surface area is 264 Å². The average Bonchev–Trinajstić information content (AvgIpc) is 3.33. The van der Waals surface area contributed by atoms with E-state index in [-0.39, 0.29) is 5.41 Å². The Morgan fingerprint density at radius 1 is 0.311 bits per heavy atom. The summed E-state index contributed by atoms with van der Waals surface area (Å²) in [6, 6.07) is 58.4. The van der Waals surface area contributed by atoms with Crippen molar-refractivity contribution in [2.75, 3.05) is 0 Å². The minimum absolute atomic E-state index is 0.0285. The molecule has 45 heavy (non-hydrogen) atoms. The summed E-state index contributed by atoms with van der Waals surface area (Å²) in [7, 11) is 0. The standard InChI is InChI=1S/C45H32/c1-45(2)43-22-12-11-21-40(43)41-24-23-30(28-44(41)45)32-25-26-39(35-17-7-5-16-34(32)35)36-18-8-10-20-38(36)42-27-29-13-3-4-14-31(29)33-15-6-9-19-37(33)42/h3-28H,1-2H3. The second-order valence-corrected chi connectivity index (χ2v) is 12.9. The highest BCUT2D eigenvalue weighted by Crippen LogP contribution is 2.50. The molecule has 1 aliphatic rings. The van der Waals surface area contributed by atoms with Crippen molar-refractivity contribution in [3.05, 3.63) is 169 Å². The molecule has 8 aromatic rings. The van der Waals surface area contributed by atoms with E-state index in [0.29, 0.717) is 0 Å². The Bertz CT molecular complexity index is 2460. The normalized spacial score (nSPS) is 13.3. The van der Waals surface area contributed by atoms with Crippen LogP contribution < -0.4 is 0 Å².